The smallest absolute Gasteiger partial charge is 0.268 e. The van der Waals surface area contributed by atoms with E-state index in [0.29, 0.717) is 11.3 Å². The largest absolute Gasteiger partial charge is 0.464 e. The number of furan rings is 1. The second-order valence-electron chi connectivity index (χ2n) is 4.18. The third kappa shape index (κ3) is 2.85. The average molecular weight is 238 g/mol. The zero-order valence-corrected chi connectivity index (χ0v) is 9.95. The molecule has 4 N–H and O–H groups in total. The average Bonchev–Trinajstić information content (AvgIpc) is 2.70. The number of hydrogen-bond donors (Lipinski definition) is 3. The second-order valence-corrected chi connectivity index (χ2v) is 4.18. The van der Waals surface area contributed by atoms with Gasteiger partial charge in [0.15, 0.2) is 0 Å². The Kier molecular flexibility index (Phi) is 3.78. The van der Waals surface area contributed by atoms with Crippen LogP contribution in [0, 0.1) is 6.92 Å². The molecule has 0 unspecified atom stereocenters. The fourth-order valence-corrected chi connectivity index (χ4v) is 2.01. The first kappa shape index (κ1) is 12.1. The molecule has 6 nitrogen and oxygen atoms in total. The van der Waals surface area contributed by atoms with E-state index in [9.17, 15) is 4.79 Å². The van der Waals surface area contributed by atoms with Crippen LogP contribution in [0.1, 0.15) is 21.9 Å². The zero-order valence-electron chi connectivity index (χ0n) is 9.95. The van der Waals surface area contributed by atoms with Gasteiger partial charge in [0, 0.05) is 26.2 Å². The third-order valence-corrected chi connectivity index (χ3v) is 2.93. The Morgan fingerprint density at radius 3 is 2.94 bits per heavy atom. The molecule has 0 radical (unpaired) electrons. The Morgan fingerprint density at radius 2 is 2.29 bits per heavy atom. The minimum Gasteiger partial charge on any atom is -0.464 e. The maximum Gasteiger partial charge on any atom is 0.268 e. The van der Waals surface area contributed by atoms with Crippen molar-refractivity contribution in [1.29, 1.82) is 0 Å². The number of carbonyl (C=O) groups excluding carboxylic acids is 1. The number of nitrogen functional groups attached to an aromatic ring is 1. The van der Waals surface area contributed by atoms with Gasteiger partial charge in [0.2, 0.25) is 0 Å². The number of nitrogens with one attached hydrogen (secondary N) is 2. The molecule has 0 atom stereocenters. The van der Waals surface area contributed by atoms with Gasteiger partial charge in [-0.3, -0.25) is 15.1 Å². The first-order valence-electron chi connectivity index (χ1n) is 5.74. The van der Waals surface area contributed by atoms with Crippen molar-refractivity contribution in [3.63, 3.8) is 0 Å². The lowest BCUT2D eigenvalue weighted by atomic mass is 10.2. The number of nitrogens with zero attached hydrogens (tertiary/aromatic N) is 1. The molecule has 2 heterocycles. The van der Waals surface area contributed by atoms with E-state index in [4.69, 9.17) is 10.3 Å². The first-order valence-corrected chi connectivity index (χ1v) is 5.74. The van der Waals surface area contributed by atoms with Crippen LogP contribution in [0.4, 0.5) is 0 Å². The zero-order chi connectivity index (χ0) is 12.3. The van der Waals surface area contributed by atoms with Crippen molar-refractivity contribution in [3.8, 4) is 0 Å². The highest BCUT2D eigenvalue weighted by Gasteiger charge is 2.17. The Bertz CT molecular complexity index is 396. The van der Waals surface area contributed by atoms with Crippen LogP contribution in [0.25, 0.3) is 0 Å². The molecule has 0 aliphatic carbocycles. The van der Waals surface area contributed by atoms with Gasteiger partial charge in [0.05, 0.1) is 12.1 Å². The monoisotopic (exact) mass is 238 g/mol. The van der Waals surface area contributed by atoms with E-state index in [0.717, 1.165) is 38.5 Å². The highest BCUT2D eigenvalue weighted by molar-refractivity contribution is 5.94. The molecule has 1 amide bonds. The summed E-state index contributed by atoms with van der Waals surface area (Å²) in [5.41, 5.74) is 2.63. The van der Waals surface area contributed by atoms with Crippen LogP contribution < -0.4 is 16.6 Å². The highest BCUT2D eigenvalue weighted by Crippen LogP contribution is 2.16. The second kappa shape index (κ2) is 5.31. The number of carbonyl (C=O) groups is 1. The van der Waals surface area contributed by atoms with Gasteiger partial charge < -0.3 is 9.73 Å². The predicted octanol–water partition coefficient (Wildman–Crippen LogP) is -0.403. The van der Waals surface area contributed by atoms with Crippen molar-refractivity contribution >= 4 is 5.91 Å². The molecule has 1 aliphatic rings. The van der Waals surface area contributed by atoms with Crippen molar-refractivity contribution in [1.82, 2.24) is 15.6 Å². The van der Waals surface area contributed by atoms with Crippen LogP contribution in [0.15, 0.2) is 10.5 Å². The molecule has 6 heteroatoms. The molecular weight excluding hydrogens is 220 g/mol. The molecular formula is C11H18N4O2. The molecule has 0 aromatic carbocycles. The van der Waals surface area contributed by atoms with E-state index in [1.165, 1.54) is 0 Å². The van der Waals surface area contributed by atoms with E-state index in [1.54, 1.807) is 13.0 Å². The van der Waals surface area contributed by atoms with Gasteiger partial charge in [-0.2, -0.15) is 0 Å². The summed E-state index contributed by atoms with van der Waals surface area (Å²) in [6, 6.07) is 1.76. The van der Waals surface area contributed by atoms with Crippen LogP contribution in [-0.4, -0.2) is 37.0 Å². The van der Waals surface area contributed by atoms with Crippen LogP contribution in [0.2, 0.25) is 0 Å². The number of hydrazine groups is 1. The van der Waals surface area contributed by atoms with Crippen LogP contribution in [0.5, 0.6) is 0 Å². The van der Waals surface area contributed by atoms with Gasteiger partial charge in [0.1, 0.15) is 11.5 Å². The van der Waals surface area contributed by atoms with Gasteiger partial charge in [-0.1, -0.05) is 0 Å². The number of nitrogens with two attached hydrogens (primary N) is 1. The van der Waals surface area contributed by atoms with Gasteiger partial charge in [-0.05, 0) is 13.0 Å². The van der Waals surface area contributed by atoms with Crippen molar-refractivity contribution in [2.75, 3.05) is 26.2 Å². The molecule has 2 rings (SSSR count). The molecule has 1 aromatic heterocycles. The van der Waals surface area contributed by atoms with E-state index in [-0.39, 0.29) is 5.91 Å². The lowest BCUT2D eigenvalue weighted by molar-refractivity contribution is 0.0952. The molecule has 0 spiro atoms. The van der Waals surface area contributed by atoms with Crippen molar-refractivity contribution in [2.24, 2.45) is 5.84 Å². The molecule has 0 bridgehead atoms. The topological polar surface area (TPSA) is 83.5 Å². The fourth-order valence-electron chi connectivity index (χ4n) is 2.01. The Hall–Kier alpha value is -1.37. The summed E-state index contributed by atoms with van der Waals surface area (Å²) in [6.07, 6.45) is 0. The molecule has 94 valence electrons. The van der Waals surface area contributed by atoms with E-state index < -0.39 is 0 Å². The Balaban J connectivity index is 2.03. The number of aryl methyl sites for hydroxylation is 1. The first-order chi connectivity index (χ1) is 8.20. The van der Waals surface area contributed by atoms with Crippen molar-refractivity contribution < 1.29 is 9.21 Å². The highest BCUT2D eigenvalue weighted by atomic mass is 16.3. The molecule has 17 heavy (non-hydrogen) atoms. The van der Waals surface area contributed by atoms with Gasteiger partial charge >= 0.3 is 0 Å². The SMILES string of the molecule is Cc1oc(CN2CCNCC2)cc1C(=O)NN. The third-order valence-electron chi connectivity index (χ3n) is 2.93. The Morgan fingerprint density at radius 1 is 1.59 bits per heavy atom. The number of piperazine rings is 1. The lowest BCUT2D eigenvalue weighted by Crippen LogP contribution is -2.42. The summed E-state index contributed by atoms with van der Waals surface area (Å²) < 4.78 is 5.56. The van der Waals surface area contributed by atoms with Crippen LogP contribution in [0.3, 0.4) is 0 Å². The number of rotatable bonds is 3. The molecule has 0 saturated carbocycles. The minimum atomic E-state index is -0.308. The lowest BCUT2D eigenvalue weighted by Gasteiger charge is -2.26. The normalized spacial score (nSPS) is 17.1. The molecule has 1 aliphatic heterocycles. The molecule has 1 aromatic rings. The van der Waals surface area contributed by atoms with Crippen LogP contribution in [-0.2, 0) is 6.54 Å². The van der Waals surface area contributed by atoms with E-state index >= 15 is 0 Å². The van der Waals surface area contributed by atoms with Gasteiger partial charge in [0.25, 0.3) is 5.91 Å². The summed E-state index contributed by atoms with van der Waals surface area (Å²) in [5, 5.41) is 3.29. The summed E-state index contributed by atoms with van der Waals surface area (Å²) in [6.45, 7) is 6.49. The van der Waals surface area contributed by atoms with E-state index in [1.807, 2.05) is 0 Å². The Labute approximate surface area is 100 Å². The standard InChI is InChI=1S/C11H18N4O2/c1-8-10(11(16)14-12)6-9(17-8)7-15-4-2-13-3-5-15/h6,13H,2-5,7,12H2,1H3,(H,14,16). The fraction of sp³-hybridized carbons (Fsp3) is 0.545. The van der Waals surface area contributed by atoms with E-state index in [2.05, 4.69) is 15.6 Å². The summed E-state index contributed by atoms with van der Waals surface area (Å²) in [4.78, 5) is 13.7. The summed E-state index contributed by atoms with van der Waals surface area (Å²) in [7, 11) is 0. The summed E-state index contributed by atoms with van der Waals surface area (Å²) in [5.74, 6) is 6.22. The van der Waals surface area contributed by atoms with Gasteiger partial charge in [-0.15, -0.1) is 0 Å². The minimum absolute atomic E-state index is 0.308. The maximum absolute atomic E-state index is 11.4. The van der Waals surface area contributed by atoms with Crippen molar-refractivity contribution in [2.45, 2.75) is 13.5 Å². The van der Waals surface area contributed by atoms with Crippen molar-refractivity contribution in [3.05, 3.63) is 23.2 Å². The van der Waals surface area contributed by atoms with Crippen LogP contribution >= 0.6 is 0 Å². The summed E-state index contributed by atoms with van der Waals surface area (Å²) >= 11 is 0. The predicted molar refractivity (Wildman–Crippen MR) is 63.2 cm³/mol. The number of hydrogen-bond acceptors (Lipinski definition) is 5. The number of amides is 1. The molecule has 1 fully saturated rings. The quantitative estimate of drug-likeness (QED) is 0.379. The van der Waals surface area contributed by atoms with Gasteiger partial charge in [-0.25, -0.2) is 5.84 Å². The maximum atomic E-state index is 11.4. The molecule has 1 saturated heterocycles.